The third kappa shape index (κ3) is 3.67. The molecule has 0 heterocycles. The molecule has 100 valence electrons. The molecule has 2 aromatic rings. The number of nitrogens with two attached hydrogens (primary N) is 1. The van der Waals surface area contributed by atoms with Crippen molar-refractivity contribution < 1.29 is 4.74 Å². The molecule has 0 saturated heterocycles. The lowest BCUT2D eigenvalue weighted by Gasteiger charge is -2.09. The second-order valence-electron chi connectivity index (χ2n) is 4.37. The summed E-state index contributed by atoms with van der Waals surface area (Å²) in [5, 5.41) is 0. The maximum absolute atomic E-state index is 5.75. The van der Waals surface area contributed by atoms with E-state index in [1.807, 2.05) is 18.2 Å². The van der Waals surface area contributed by atoms with Gasteiger partial charge in [-0.05, 0) is 29.7 Å². The largest absolute Gasteiger partial charge is 0.496 e. The van der Waals surface area contributed by atoms with E-state index in [9.17, 15) is 0 Å². The van der Waals surface area contributed by atoms with Gasteiger partial charge in [-0.3, -0.25) is 0 Å². The van der Waals surface area contributed by atoms with Crippen molar-refractivity contribution in [2.75, 3.05) is 12.8 Å². The number of anilines is 1. The van der Waals surface area contributed by atoms with E-state index < -0.39 is 0 Å². The van der Waals surface area contributed by atoms with E-state index >= 15 is 0 Å². The molecular formula is C16H19NOS. The molecule has 0 aliphatic carbocycles. The molecule has 0 spiro atoms. The first-order chi connectivity index (χ1) is 9.22. The summed E-state index contributed by atoms with van der Waals surface area (Å²) < 4.78 is 5.35. The van der Waals surface area contributed by atoms with Crippen molar-refractivity contribution in [3.63, 3.8) is 0 Å². The highest BCUT2D eigenvalue weighted by atomic mass is 32.2. The van der Waals surface area contributed by atoms with Crippen molar-refractivity contribution in [2.24, 2.45) is 0 Å². The highest BCUT2D eigenvalue weighted by molar-refractivity contribution is 7.98. The predicted octanol–water partition coefficient (Wildman–Crippen LogP) is 4.13. The fourth-order valence-corrected chi connectivity index (χ4v) is 2.80. The van der Waals surface area contributed by atoms with Gasteiger partial charge >= 0.3 is 0 Å². The molecule has 2 rings (SSSR count). The number of hydrogen-bond acceptors (Lipinski definition) is 3. The van der Waals surface area contributed by atoms with E-state index in [-0.39, 0.29) is 0 Å². The molecule has 19 heavy (non-hydrogen) atoms. The molecule has 2 aromatic carbocycles. The molecule has 0 amide bonds. The molecule has 2 nitrogen and oxygen atoms in total. The minimum absolute atomic E-state index is 0.730. The zero-order valence-electron chi connectivity index (χ0n) is 11.3. The lowest BCUT2D eigenvalue weighted by atomic mass is 10.1. The molecule has 3 heteroatoms. The maximum atomic E-state index is 5.75. The second-order valence-corrected chi connectivity index (χ2v) is 5.39. The Labute approximate surface area is 119 Å². The quantitative estimate of drug-likeness (QED) is 0.657. The van der Waals surface area contributed by atoms with Crippen LogP contribution in [0.15, 0.2) is 47.4 Å². The number of rotatable bonds is 5. The zero-order valence-corrected chi connectivity index (χ0v) is 12.2. The summed E-state index contributed by atoms with van der Waals surface area (Å²) in [5.74, 6) is 1.78. The van der Waals surface area contributed by atoms with Crippen LogP contribution in [0.1, 0.15) is 18.1 Å². The molecule has 0 fully saturated rings. The Kier molecular flexibility index (Phi) is 4.74. The molecule has 0 saturated carbocycles. The Hall–Kier alpha value is -1.61. The van der Waals surface area contributed by atoms with Gasteiger partial charge in [0.2, 0.25) is 0 Å². The Morgan fingerprint density at radius 3 is 2.37 bits per heavy atom. The van der Waals surface area contributed by atoms with E-state index in [1.54, 1.807) is 18.9 Å². The summed E-state index contributed by atoms with van der Waals surface area (Å²) in [5.41, 5.74) is 9.18. The lowest BCUT2D eigenvalue weighted by Crippen LogP contribution is -1.91. The molecule has 0 radical (unpaired) electrons. The first-order valence-corrected chi connectivity index (χ1v) is 7.35. The molecule has 0 bridgehead atoms. The van der Waals surface area contributed by atoms with Crippen LogP contribution >= 0.6 is 11.8 Å². The number of aryl methyl sites for hydroxylation is 1. The number of nitrogen functional groups attached to an aromatic ring is 1. The van der Waals surface area contributed by atoms with E-state index in [4.69, 9.17) is 10.5 Å². The number of methoxy groups -OCH3 is 1. The third-order valence-corrected chi connectivity index (χ3v) is 4.14. The molecule has 0 aliphatic heterocycles. The Bertz CT molecular complexity index is 537. The van der Waals surface area contributed by atoms with Crippen LogP contribution in [0.4, 0.5) is 5.69 Å². The first kappa shape index (κ1) is 13.8. The van der Waals surface area contributed by atoms with Crippen LogP contribution in [0.2, 0.25) is 0 Å². The van der Waals surface area contributed by atoms with Gasteiger partial charge in [0.15, 0.2) is 0 Å². The number of ether oxygens (including phenoxy) is 1. The van der Waals surface area contributed by atoms with Gasteiger partial charge in [0.25, 0.3) is 0 Å². The normalized spacial score (nSPS) is 10.4. The van der Waals surface area contributed by atoms with Crippen LogP contribution in [-0.2, 0) is 12.2 Å². The molecule has 0 unspecified atom stereocenters. The van der Waals surface area contributed by atoms with E-state index in [2.05, 4.69) is 31.2 Å². The van der Waals surface area contributed by atoms with Crippen LogP contribution in [-0.4, -0.2) is 7.11 Å². The van der Waals surface area contributed by atoms with Gasteiger partial charge in [-0.15, -0.1) is 11.8 Å². The predicted molar refractivity (Wildman–Crippen MR) is 82.8 cm³/mol. The van der Waals surface area contributed by atoms with Crippen LogP contribution in [0.25, 0.3) is 0 Å². The third-order valence-electron chi connectivity index (χ3n) is 3.01. The first-order valence-electron chi connectivity index (χ1n) is 6.37. The van der Waals surface area contributed by atoms with Crippen LogP contribution in [0.3, 0.4) is 0 Å². The standard InChI is InChI=1S/C16H19NOS/c1-3-12-4-6-13(7-5-12)11-19-16-9-8-14(17)10-15(16)18-2/h4-10H,3,11,17H2,1-2H3. The minimum Gasteiger partial charge on any atom is -0.496 e. The summed E-state index contributed by atoms with van der Waals surface area (Å²) in [6.07, 6.45) is 1.08. The van der Waals surface area contributed by atoms with Gasteiger partial charge in [-0.25, -0.2) is 0 Å². The molecule has 0 aromatic heterocycles. The van der Waals surface area contributed by atoms with Crippen molar-refractivity contribution in [3.05, 3.63) is 53.6 Å². The van der Waals surface area contributed by atoms with Crippen molar-refractivity contribution in [1.29, 1.82) is 0 Å². The molecule has 2 N–H and O–H groups in total. The van der Waals surface area contributed by atoms with Crippen molar-refractivity contribution in [1.82, 2.24) is 0 Å². The fraction of sp³-hybridized carbons (Fsp3) is 0.250. The van der Waals surface area contributed by atoms with E-state index in [0.717, 1.165) is 28.5 Å². The van der Waals surface area contributed by atoms with Gasteiger partial charge < -0.3 is 10.5 Å². The monoisotopic (exact) mass is 273 g/mol. The zero-order chi connectivity index (χ0) is 13.7. The van der Waals surface area contributed by atoms with Crippen LogP contribution in [0, 0.1) is 0 Å². The van der Waals surface area contributed by atoms with Crippen molar-refractivity contribution in [2.45, 2.75) is 24.0 Å². The minimum atomic E-state index is 0.730. The SMILES string of the molecule is CCc1ccc(CSc2ccc(N)cc2OC)cc1. The average Bonchev–Trinajstić information content (AvgIpc) is 2.46. The van der Waals surface area contributed by atoms with Crippen LogP contribution in [0.5, 0.6) is 5.75 Å². The highest BCUT2D eigenvalue weighted by Gasteiger charge is 2.04. The van der Waals surface area contributed by atoms with Crippen molar-refractivity contribution >= 4 is 17.4 Å². The highest BCUT2D eigenvalue weighted by Crippen LogP contribution is 2.33. The van der Waals surface area contributed by atoms with Crippen molar-refractivity contribution in [3.8, 4) is 5.75 Å². The number of hydrogen-bond donors (Lipinski definition) is 1. The lowest BCUT2D eigenvalue weighted by molar-refractivity contribution is 0.405. The topological polar surface area (TPSA) is 35.2 Å². The maximum Gasteiger partial charge on any atom is 0.134 e. The molecule has 0 atom stereocenters. The summed E-state index contributed by atoms with van der Waals surface area (Å²) in [7, 11) is 1.68. The van der Waals surface area contributed by atoms with E-state index in [0.29, 0.717) is 0 Å². The summed E-state index contributed by atoms with van der Waals surface area (Å²) in [4.78, 5) is 1.12. The smallest absolute Gasteiger partial charge is 0.134 e. The van der Waals surface area contributed by atoms with Gasteiger partial charge in [-0.1, -0.05) is 31.2 Å². The summed E-state index contributed by atoms with van der Waals surface area (Å²) >= 11 is 1.77. The fourth-order valence-electron chi connectivity index (χ4n) is 1.84. The number of thioether (sulfide) groups is 1. The second kappa shape index (κ2) is 6.53. The van der Waals surface area contributed by atoms with Gasteiger partial charge in [0.05, 0.1) is 7.11 Å². The Balaban J connectivity index is 2.05. The Morgan fingerprint density at radius 1 is 1.05 bits per heavy atom. The molecule has 0 aliphatic rings. The van der Waals surface area contributed by atoms with Gasteiger partial charge in [0.1, 0.15) is 5.75 Å². The average molecular weight is 273 g/mol. The molecular weight excluding hydrogens is 254 g/mol. The van der Waals surface area contributed by atoms with Crippen LogP contribution < -0.4 is 10.5 Å². The van der Waals surface area contributed by atoms with E-state index in [1.165, 1.54) is 11.1 Å². The Morgan fingerprint density at radius 2 is 1.74 bits per heavy atom. The summed E-state index contributed by atoms with van der Waals surface area (Å²) in [6, 6.07) is 14.5. The summed E-state index contributed by atoms with van der Waals surface area (Å²) in [6.45, 7) is 2.17. The van der Waals surface area contributed by atoms with Gasteiger partial charge in [-0.2, -0.15) is 0 Å². The number of benzene rings is 2. The van der Waals surface area contributed by atoms with Gasteiger partial charge in [0, 0.05) is 22.4 Å².